The predicted octanol–water partition coefficient (Wildman–Crippen LogP) is 1.56. The highest BCUT2D eigenvalue weighted by Crippen LogP contribution is 2.29. The van der Waals surface area contributed by atoms with Crippen LogP contribution in [-0.4, -0.2) is 25.2 Å². The van der Waals surface area contributed by atoms with Crippen LogP contribution in [0.5, 0.6) is 5.75 Å². The fourth-order valence-corrected chi connectivity index (χ4v) is 1.23. The monoisotopic (exact) mass is 203 g/mol. The molecule has 0 bridgehead atoms. The third-order valence-electron chi connectivity index (χ3n) is 2.23. The molecule has 4 nitrogen and oxygen atoms in total. The average Bonchev–Trinajstić information content (AvgIpc) is 3.02. The first-order valence-corrected chi connectivity index (χ1v) is 4.96. The summed E-state index contributed by atoms with van der Waals surface area (Å²) in [4.78, 5) is 6.07. The quantitative estimate of drug-likeness (QED) is 0.748. The molecule has 1 aromatic rings. The molecule has 0 radical (unpaired) electrons. The molecule has 0 unspecified atom stereocenters. The molecule has 0 saturated heterocycles. The number of rotatable bonds is 3. The van der Waals surface area contributed by atoms with E-state index in [4.69, 9.17) is 10.00 Å². The molecule has 2 rings (SSSR count). The van der Waals surface area contributed by atoms with Gasteiger partial charge in [0.05, 0.1) is 6.10 Å². The Morgan fingerprint density at radius 3 is 2.73 bits per heavy atom. The number of anilines is 1. The molecule has 0 aliphatic heterocycles. The summed E-state index contributed by atoms with van der Waals surface area (Å²) >= 11 is 0. The van der Waals surface area contributed by atoms with E-state index in [9.17, 15) is 0 Å². The Balaban J connectivity index is 2.26. The first kappa shape index (κ1) is 9.78. The van der Waals surface area contributed by atoms with Crippen LogP contribution in [-0.2, 0) is 0 Å². The largest absolute Gasteiger partial charge is 0.487 e. The standard InChI is InChI=1S/C11H13N3O/c1-14(2)11-6-5-10(9(7-12)13-11)15-8-3-4-8/h5-6,8H,3-4H2,1-2H3. The van der Waals surface area contributed by atoms with E-state index in [-0.39, 0.29) is 0 Å². The van der Waals surface area contributed by atoms with Gasteiger partial charge in [0.2, 0.25) is 0 Å². The van der Waals surface area contributed by atoms with Gasteiger partial charge < -0.3 is 9.64 Å². The van der Waals surface area contributed by atoms with Crippen molar-refractivity contribution >= 4 is 5.82 Å². The summed E-state index contributed by atoms with van der Waals surface area (Å²) in [5.74, 6) is 1.38. The average molecular weight is 203 g/mol. The van der Waals surface area contributed by atoms with E-state index >= 15 is 0 Å². The number of nitrogens with zero attached hydrogens (tertiary/aromatic N) is 3. The van der Waals surface area contributed by atoms with Gasteiger partial charge in [0, 0.05) is 14.1 Å². The Labute approximate surface area is 89.1 Å². The number of hydrogen-bond donors (Lipinski definition) is 0. The molecular formula is C11H13N3O. The lowest BCUT2D eigenvalue weighted by atomic mass is 10.3. The van der Waals surface area contributed by atoms with Crippen LogP contribution in [0.4, 0.5) is 5.82 Å². The van der Waals surface area contributed by atoms with Crippen LogP contribution >= 0.6 is 0 Å². The van der Waals surface area contributed by atoms with Crippen LogP contribution in [0.3, 0.4) is 0 Å². The van der Waals surface area contributed by atoms with Gasteiger partial charge in [0.1, 0.15) is 11.9 Å². The number of hydrogen-bond acceptors (Lipinski definition) is 4. The molecule has 1 aliphatic carbocycles. The van der Waals surface area contributed by atoms with Crippen LogP contribution in [0.2, 0.25) is 0 Å². The van der Waals surface area contributed by atoms with Crippen molar-refractivity contribution in [2.75, 3.05) is 19.0 Å². The Morgan fingerprint density at radius 2 is 2.20 bits per heavy atom. The van der Waals surface area contributed by atoms with Gasteiger partial charge in [-0.2, -0.15) is 5.26 Å². The minimum Gasteiger partial charge on any atom is -0.487 e. The molecule has 1 fully saturated rings. The molecule has 1 heterocycles. The number of aromatic nitrogens is 1. The molecule has 78 valence electrons. The van der Waals surface area contributed by atoms with Gasteiger partial charge in [-0.3, -0.25) is 0 Å². The topological polar surface area (TPSA) is 49.1 Å². The summed E-state index contributed by atoms with van der Waals surface area (Å²) in [7, 11) is 3.79. The summed E-state index contributed by atoms with van der Waals surface area (Å²) < 4.78 is 5.58. The third-order valence-corrected chi connectivity index (χ3v) is 2.23. The highest BCUT2D eigenvalue weighted by molar-refractivity contribution is 5.47. The maximum absolute atomic E-state index is 8.95. The van der Waals surface area contributed by atoms with Crippen LogP contribution in [0.15, 0.2) is 12.1 Å². The van der Waals surface area contributed by atoms with E-state index in [0.717, 1.165) is 18.7 Å². The van der Waals surface area contributed by atoms with Gasteiger partial charge in [0.25, 0.3) is 0 Å². The lowest BCUT2D eigenvalue weighted by molar-refractivity contribution is 0.301. The minimum atomic E-state index is 0.295. The van der Waals surface area contributed by atoms with Crippen molar-refractivity contribution in [1.29, 1.82) is 5.26 Å². The van der Waals surface area contributed by atoms with Gasteiger partial charge in [-0.05, 0) is 25.0 Å². The van der Waals surface area contributed by atoms with E-state index in [0.29, 0.717) is 17.5 Å². The lowest BCUT2D eigenvalue weighted by Crippen LogP contribution is -2.11. The zero-order valence-electron chi connectivity index (χ0n) is 8.90. The number of nitriles is 1. The first-order chi connectivity index (χ1) is 7.20. The van der Waals surface area contributed by atoms with Crippen LogP contribution < -0.4 is 9.64 Å². The number of pyridine rings is 1. The molecule has 0 amide bonds. The molecule has 1 aliphatic rings. The minimum absolute atomic E-state index is 0.295. The van der Waals surface area contributed by atoms with E-state index in [2.05, 4.69) is 11.1 Å². The maximum Gasteiger partial charge on any atom is 0.184 e. The smallest absolute Gasteiger partial charge is 0.184 e. The van der Waals surface area contributed by atoms with Crippen molar-refractivity contribution in [3.63, 3.8) is 0 Å². The van der Waals surface area contributed by atoms with Gasteiger partial charge in [-0.1, -0.05) is 0 Å². The first-order valence-electron chi connectivity index (χ1n) is 4.96. The third kappa shape index (κ3) is 2.18. The molecular weight excluding hydrogens is 190 g/mol. The summed E-state index contributed by atoms with van der Waals surface area (Å²) in [6.07, 6.45) is 2.46. The highest BCUT2D eigenvalue weighted by Gasteiger charge is 2.25. The predicted molar refractivity (Wildman–Crippen MR) is 56.9 cm³/mol. The Kier molecular flexibility index (Phi) is 2.46. The maximum atomic E-state index is 8.95. The van der Waals surface area contributed by atoms with E-state index in [1.54, 1.807) is 0 Å². The molecule has 4 heteroatoms. The lowest BCUT2D eigenvalue weighted by Gasteiger charge is -2.12. The molecule has 0 spiro atoms. The molecule has 1 aromatic heterocycles. The second-order valence-electron chi connectivity index (χ2n) is 3.84. The number of ether oxygens (including phenoxy) is 1. The van der Waals surface area contributed by atoms with Crippen molar-refractivity contribution in [3.05, 3.63) is 17.8 Å². The summed E-state index contributed by atoms with van der Waals surface area (Å²) in [6.45, 7) is 0. The van der Waals surface area contributed by atoms with Crippen LogP contribution in [0, 0.1) is 11.3 Å². The van der Waals surface area contributed by atoms with Gasteiger partial charge in [-0.25, -0.2) is 4.98 Å². The molecule has 15 heavy (non-hydrogen) atoms. The Morgan fingerprint density at radius 1 is 1.47 bits per heavy atom. The van der Waals surface area contributed by atoms with E-state index in [1.165, 1.54) is 0 Å². The fourth-order valence-electron chi connectivity index (χ4n) is 1.23. The van der Waals surface area contributed by atoms with E-state index in [1.807, 2.05) is 31.1 Å². The van der Waals surface area contributed by atoms with Crippen molar-refractivity contribution in [2.24, 2.45) is 0 Å². The molecule has 0 N–H and O–H groups in total. The van der Waals surface area contributed by atoms with Gasteiger partial charge in [-0.15, -0.1) is 0 Å². The summed E-state index contributed by atoms with van der Waals surface area (Å²) in [5, 5.41) is 8.95. The molecule has 1 saturated carbocycles. The van der Waals surface area contributed by atoms with Crippen molar-refractivity contribution < 1.29 is 4.74 Å². The van der Waals surface area contributed by atoms with Crippen molar-refractivity contribution in [2.45, 2.75) is 18.9 Å². The highest BCUT2D eigenvalue weighted by atomic mass is 16.5. The normalized spacial score (nSPS) is 14.5. The Hall–Kier alpha value is -1.76. The second kappa shape index (κ2) is 3.77. The second-order valence-corrected chi connectivity index (χ2v) is 3.84. The zero-order valence-corrected chi connectivity index (χ0v) is 8.90. The summed E-state index contributed by atoms with van der Waals surface area (Å²) in [5.41, 5.74) is 0.369. The fraction of sp³-hybridized carbons (Fsp3) is 0.455. The van der Waals surface area contributed by atoms with Crippen molar-refractivity contribution in [1.82, 2.24) is 4.98 Å². The van der Waals surface area contributed by atoms with Gasteiger partial charge in [0.15, 0.2) is 11.4 Å². The summed E-state index contributed by atoms with van der Waals surface area (Å²) in [6, 6.07) is 5.74. The van der Waals surface area contributed by atoms with Crippen LogP contribution in [0.1, 0.15) is 18.5 Å². The van der Waals surface area contributed by atoms with E-state index < -0.39 is 0 Å². The van der Waals surface area contributed by atoms with Crippen molar-refractivity contribution in [3.8, 4) is 11.8 Å². The zero-order chi connectivity index (χ0) is 10.8. The SMILES string of the molecule is CN(C)c1ccc(OC2CC2)c(C#N)n1. The molecule has 0 atom stereocenters. The van der Waals surface area contributed by atoms with Gasteiger partial charge >= 0.3 is 0 Å². The molecule has 0 aromatic carbocycles. The van der Waals surface area contributed by atoms with Crippen LogP contribution in [0.25, 0.3) is 0 Å². The Bertz CT molecular complexity index is 405.